The van der Waals surface area contributed by atoms with Crippen molar-refractivity contribution in [2.75, 3.05) is 26.7 Å². The molecule has 0 spiro atoms. The highest BCUT2D eigenvalue weighted by Crippen LogP contribution is 2.40. The Bertz CT molecular complexity index is 810. The van der Waals surface area contributed by atoms with Crippen LogP contribution in [0.25, 0.3) is 6.08 Å². The Kier molecular flexibility index (Phi) is 5.40. The first kappa shape index (κ1) is 18.0. The Morgan fingerprint density at radius 2 is 1.74 bits per heavy atom. The largest absolute Gasteiger partial charge is 0.301 e. The molecule has 1 saturated heterocycles. The monoisotopic (exact) mass is 359 g/mol. The fourth-order valence-electron chi connectivity index (χ4n) is 4.33. The molecule has 2 aromatic rings. The van der Waals surface area contributed by atoms with Gasteiger partial charge >= 0.3 is 0 Å². The van der Waals surface area contributed by atoms with E-state index in [9.17, 15) is 0 Å². The van der Waals surface area contributed by atoms with Crippen LogP contribution in [0.2, 0.25) is 0 Å². The second kappa shape index (κ2) is 8.10. The van der Waals surface area contributed by atoms with Gasteiger partial charge in [0.25, 0.3) is 0 Å². The van der Waals surface area contributed by atoms with Gasteiger partial charge < -0.3 is 4.90 Å². The van der Waals surface area contributed by atoms with E-state index in [4.69, 9.17) is 5.10 Å². The highest BCUT2D eigenvalue weighted by Gasteiger charge is 2.42. The molecule has 3 nitrogen and oxygen atoms in total. The number of hydrogen-bond acceptors (Lipinski definition) is 3. The third kappa shape index (κ3) is 3.84. The van der Waals surface area contributed by atoms with E-state index in [1.807, 2.05) is 0 Å². The maximum atomic E-state index is 5.17. The SMILES string of the molecule is CCCCN1N=C2/C(=C/c3ccccc3)CN(C)CC2C1c1ccccc1. The Morgan fingerprint density at radius 1 is 1.04 bits per heavy atom. The minimum atomic E-state index is 0.342. The van der Waals surface area contributed by atoms with Crippen LogP contribution in [0.15, 0.2) is 71.3 Å². The summed E-state index contributed by atoms with van der Waals surface area (Å²) >= 11 is 0. The van der Waals surface area contributed by atoms with Crippen molar-refractivity contribution in [2.24, 2.45) is 11.0 Å². The quantitative estimate of drug-likeness (QED) is 0.760. The van der Waals surface area contributed by atoms with Crippen molar-refractivity contribution in [2.45, 2.75) is 25.8 Å². The van der Waals surface area contributed by atoms with E-state index >= 15 is 0 Å². The lowest BCUT2D eigenvalue weighted by Gasteiger charge is -2.34. The van der Waals surface area contributed by atoms with Gasteiger partial charge in [0, 0.05) is 25.6 Å². The molecule has 0 radical (unpaired) electrons. The molecule has 0 saturated carbocycles. The van der Waals surface area contributed by atoms with E-state index in [2.05, 4.69) is 90.6 Å². The summed E-state index contributed by atoms with van der Waals surface area (Å²) in [6.07, 6.45) is 4.70. The van der Waals surface area contributed by atoms with Gasteiger partial charge in [-0.3, -0.25) is 5.01 Å². The van der Waals surface area contributed by atoms with Crippen LogP contribution in [-0.4, -0.2) is 42.3 Å². The smallest absolute Gasteiger partial charge is 0.0816 e. The zero-order valence-electron chi connectivity index (χ0n) is 16.4. The number of fused-ring (bicyclic) bond motifs is 1. The van der Waals surface area contributed by atoms with E-state index in [0.29, 0.717) is 12.0 Å². The van der Waals surface area contributed by atoms with Crippen molar-refractivity contribution in [1.82, 2.24) is 9.91 Å². The molecular formula is C24H29N3. The van der Waals surface area contributed by atoms with Crippen LogP contribution >= 0.6 is 0 Å². The molecule has 0 aromatic heterocycles. The van der Waals surface area contributed by atoms with Crippen molar-refractivity contribution in [3.05, 3.63) is 77.4 Å². The molecule has 3 heteroatoms. The topological polar surface area (TPSA) is 18.8 Å². The van der Waals surface area contributed by atoms with Crippen LogP contribution in [0.1, 0.15) is 36.9 Å². The predicted molar refractivity (Wildman–Crippen MR) is 114 cm³/mol. The first-order chi connectivity index (χ1) is 13.3. The lowest BCUT2D eigenvalue weighted by atomic mass is 9.83. The van der Waals surface area contributed by atoms with Gasteiger partial charge in [0.05, 0.1) is 11.8 Å². The Labute approximate surface area is 163 Å². The molecule has 0 N–H and O–H groups in total. The molecule has 0 bridgehead atoms. The summed E-state index contributed by atoms with van der Waals surface area (Å²) in [6.45, 7) is 5.31. The van der Waals surface area contributed by atoms with Crippen molar-refractivity contribution < 1.29 is 0 Å². The van der Waals surface area contributed by atoms with Crippen LogP contribution in [0.3, 0.4) is 0 Å². The minimum Gasteiger partial charge on any atom is -0.301 e. The normalized spacial score (nSPS) is 24.1. The molecule has 2 aromatic carbocycles. The summed E-state index contributed by atoms with van der Waals surface area (Å²) in [7, 11) is 2.23. The number of benzene rings is 2. The van der Waals surface area contributed by atoms with Gasteiger partial charge in [-0.25, -0.2) is 0 Å². The van der Waals surface area contributed by atoms with Gasteiger partial charge in [-0.15, -0.1) is 0 Å². The van der Waals surface area contributed by atoms with Gasteiger partial charge in [0.15, 0.2) is 0 Å². The number of rotatable bonds is 5. The lowest BCUT2D eigenvalue weighted by molar-refractivity contribution is 0.177. The van der Waals surface area contributed by atoms with Crippen molar-refractivity contribution in [3.8, 4) is 0 Å². The first-order valence-electron chi connectivity index (χ1n) is 10.1. The predicted octanol–water partition coefficient (Wildman–Crippen LogP) is 4.84. The molecule has 4 rings (SSSR count). The third-order valence-corrected chi connectivity index (χ3v) is 5.59. The zero-order chi connectivity index (χ0) is 18.6. The average Bonchev–Trinajstić information content (AvgIpc) is 3.06. The fraction of sp³-hybridized carbons (Fsp3) is 0.375. The maximum Gasteiger partial charge on any atom is 0.0816 e. The van der Waals surface area contributed by atoms with Crippen molar-refractivity contribution >= 4 is 11.8 Å². The highest BCUT2D eigenvalue weighted by molar-refractivity contribution is 6.07. The van der Waals surface area contributed by atoms with Crippen LogP contribution in [-0.2, 0) is 0 Å². The molecule has 2 unspecified atom stereocenters. The number of piperidine rings is 1. The van der Waals surface area contributed by atoms with Gasteiger partial charge in [-0.2, -0.15) is 5.10 Å². The van der Waals surface area contributed by atoms with Crippen LogP contribution in [0, 0.1) is 5.92 Å². The van der Waals surface area contributed by atoms with E-state index in [0.717, 1.165) is 19.6 Å². The minimum absolute atomic E-state index is 0.342. The standard InChI is InChI=1S/C24H29N3/c1-3-4-15-27-24(20-13-9-6-10-14-20)22-18-26(2)17-21(23(22)25-27)16-19-11-7-5-8-12-19/h5-14,16,22,24H,3-4,15,17-18H2,1-2H3/b21-16+. The van der Waals surface area contributed by atoms with Crippen LogP contribution in [0.4, 0.5) is 0 Å². The summed E-state index contributed by atoms with van der Waals surface area (Å²) in [4.78, 5) is 2.44. The maximum absolute atomic E-state index is 5.17. The van der Waals surface area contributed by atoms with Crippen molar-refractivity contribution in [1.29, 1.82) is 0 Å². The van der Waals surface area contributed by atoms with E-state index < -0.39 is 0 Å². The summed E-state index contributed by atoms with van der Waals surface area (Å²) in [6, 6.07) is 21.9. The van der Waals surface area contributed by atoms with Crippen molar-refractivity contribution in [3.63, 3.8) is 0 Å². The molecule has 0 amide bonds. The summed E-state index contributed by atoms with van der Waals surface area (Å²) in [5, 5.41) is 7.53. The molecule has 140 valence electrons. The van der Waals surface area contributed by atoms with E-state index in [-0.39, 0.29) is 0 Å². The number of hydrogen-bond donors (Lipinski definition) is 0. The van der Waals surface area contributed by atoms with Crippen LogP contribution < -0.4 is 0 Å². The van der Waals surface area contributed by atoms with Gasteiger partial charge in [-0.05, 0) is 36.2 Å². The molecular weight excluding hydrogens is 330 g/mol. The van der Waals surface area contributed by atoms with Gasteiger partial charge in [0.1, 0.15) is 0 Å². The second-order valence-electron chi connectivity index (χ2n) is 7.74. The summed E-state index contributed by atoms with van der Waals surface area (Å²) in [5.74, 6) is 0.429. The Hall–Kier alpha value is -2.39. The molecule has 2 heterocycles. The molecule has 1 fully saturated rings. The third-order valence-electron chi connectivity index (χ3n) is 5.59. The number of nitrogens with zero attached hydrogens (tertiary/aromatic N) is 3. The number of likely N-dealkylation sites (tertiary alicyclic amines) is 1. The molecule has 2 aliphatic rings. The average molecular weight is 360 g/mol. The molecule has 27 heavy (non-hydrogen) atoms. The Morgan fingerprint density at radius 3 is 2.44 bits per heavy atom. The second-order valence-corrected chi connectivity index (χ2v) is 7.74. The number of likely N-dealkylation sites (N-methyl/N-ethyl adjacent to an activating group) is 1. The van der Waals surface area contributed by atoms with Crippen LogP contribution in [0.5, 0.6) is 0 Å². The van der Waals surface area contributed by atoms with Gasteiger partial charge in [-0.1, -0.05) is 74.0 Å². The number of unbranched alkanes of at least 4 members (excludes halogenated alkanes) is 1. The number of hydrazone groups is 1. The van der Waals surface area contributed by atoms with Gasteiger partial charge in [0.2, 0.25) is 0 Å². The fourth-order valence-corrected chi connectivity index (χ4v) is 4.33. The Balaban J connectivity index is 1.71. The molecule has 2 atom stereocenters. The highest BCUT2D eigenvalue weighted by atomic mass is 15.5. The summed E-state index contributed by atoms with van der Waals surface area (Å²) < 4.78 is 0. The molecule has 0 aliphatic carbocycles. The summed E-state index contributed by atoms with van der Waals surface area (Å²) in [5.41, 5.74) is 5.29. The molecule has 2 aliphatic heterocycles. The lowest BCUT2D eigenvalue weighted by Crippen LogP contribution is -2.41. The zero-order valence-corrected chi connectivity index (χ0v) is 16.4. The first-order valence-corrected chi connectivity index (χ1v) is 10.1. The van der Waals surface area contributed by atoms with E-state index in [1.165, 1.54) is 35.3 Å². The van der Waals surface area contributed by atoms with E-state index in [1.54, 1.807) is 0 Å².